The van der Waals surface area contributed by atoms with E-state index in [1.54, 1.807) is 18.4 Å². The van der Waals surface area contributed by atoms with Crippen molar-refractivity contribution in [3.05, 3.63) is 52.5 Å². The van der Waals surface area contributed by atoms with Gasteiger partial charge in [-0.3, -0.25) is 4.79 Å². The third kappa shape index (κ3) is 4.45. The van der Waals surface area contributed by atoms with Gasteiger partial charge in [-0.25, -0.2) is 0 Å². The van der Waals surface area contributed by atoms with Crippen LogP contribution in [-0.2, 0) is 11.2 Å². The molecule has 0 aliphatic heterocycles. The third-order valence-corrected chi connectivity index (χ3v) is 4.78. The van der Waals surface area contributed by atoms with Crippen molar-refractivity contribution in [2.24, 2.45) is 0 Å². The van der Waals surface area contributed by atoms with Crippen LogP contribution >= 0.6 is 11.3 Å². The van der Waals surface area contributed by atoms with E-state index in [1.165, 1.54) is 0 Å². The Balaban J connectivity index is 1.53. The fourth-order valence-electron chi connectivity index (χ4n) is 2.36. The molecule has 0 saturated carbocycles. The molecule has 0 aliphatic rings. The van der Waals surface area contributed by atoms with Gasteiger partial charge >= 0.3 is 0 Å². The van der Waals surface area contributed by atoms with E-state index in [9.17, 15) is 4.79 Å². The van der Waals surface area contributed by atoms with E-state index in [2.05, 4.69) is 15.5 Å². The molecule has 130 valence electrons. The number of amides is 1. The standard InChI is InChI=1S/C18H19N3O3S/c1-12(15-4-3-11-25-15)19-16(22)9-10-17-20-18(21-24-17)13-5-7-14(23-2)8-6-13/h3-8,11-12H,9-10H2,1-2H3,(H,19,22)/t12-/m0/s1. The first kappa shape index (κ1) is 17.2. The molecule has 0 fully saturated rings. The lowest BCUT2D eigenvalue weighted by Gasteiger charge is -2.11. The van der Waals surface area contributed by atoms with Gasteiger partial charge in [0.25, 0.3) is 0 Å². The quantitative estimate of drug-likeness (QED) is 0.699. The topological polar surface area (TPSA) is 77.2 Å². The van der Waals surface area contributed by atoms with Crippen LogP contribution in [0.2, 0.25) is 0 Å². The summed E-state index contributed by atoms with van der Waals surface area (Å²) in [7, 11) is 1.62. The van der Waals surface area contributed by atoms with Crippen LogP contribution in [0.25, 0.3) is 11.4 Å². The summed E-state index contributed by atoms with van der Waals surface area (Å²) in [6, 6.07) is 11.4. The van der Waals surface area contributed by atoms with Gasteiger partial charge in [-0.2, -0.15) is 4.98 Å². The maximum absolute atomic E-state index is 12.1. The molecule has 0 spiro atoms. The van der Waals surface area contributed by atoms with Crippen LogP contribution in [0, 0.1) is 0 Å². The molecule has 6 nitrogen and oxygen atoms in total. The fourth-order valence-corrected chi connectivity index (χ4v) is 3.09. The van der Waals surface area contributed by atoms with Gasteiger partial charge in [0.2, 0.25) is 17.6 Å². The highest BCUT2D eigenvalue weighted by Gasteiger charge is 2.13. The van der Waals surface area contributed by atoms with E-state index in [-0.39, 0.29) is 11.9 Å². The summed E-state index contributed by atoms with van der Waals surface area (Å²) in [5, 5.41) is 8.93. The number of nitrogens with one attached hydrogen (secondary N) is 1. The highest BCUT2D eigenvalue weighted by Crippen LogP contribution is 2.20. The van der Waals surface area contributed by atoms with E-state index in [4.69, 9.17) is 9.26 Å². The van der Waals surface area contributed by atoms with Crippen LogP contribution < -0.4 is 10.1 Å². The van der Waals surface area contributed by atoms with Crippen molar-refractivity contribution >= 4 is 17.2 Å². The lowest BCUT2D eigenvalue weighted by Crippen LogP contribution is -2.26. The summed E-state index contributed by atoms with van der Waals surface area (Å²) < 4.78 is 10.4. The van der Waals surface area contributed by atoms with Crippen molar-refractivity contribution in [2.75, 3.05) is 7.11 Å². The number of benzene rings is 1. The molecular formula is C18H19N3O3S. The summed E-state index contributed by atoms with van der Waals surface area (Å²) >= 11 is 1.63. The number of carbonyl (C=O) groups excluding carboxylic acids is 1. The van der Waals surface area contributed by atoms with Gasteiger partial charge in [-0.05, 0) is 42.6 Å². The van der Waals surface area contributed by atoms with Gasteiger partial charge < -0.3 is 14.6 Å². The number of rotatable bonds is 7. The molecule has 1 aromatic carbocycles. The molecule has 0 bridgehead atoms. The third-order valence-electron chi connectivity index (χ3n) is 3.73. The number of nitrogens with zero attached hydrogens (tertiary/aromatic N) is 2. The van der Waals surface area contributed by atoms with Crippen molar-refractivity contribution in [3.63, 3.8) is 0 Å². The summed E-state index contributed by atoms with van der Waals surface area (Å²) in [5.74, 6) is 1.68. The van der Waals surface area contributed by atoms with E-state index >= 15 is 0 Å². The van der Waals surface area contributed by atoms with Gasteiger partial charge in [0.1, 0.15) is 5.75 Å². The van der Waals surface area contributed by atoms with Crippen LogP contribution in [0.5, 0.6) is 5.75 Å². The first-order valence-electron chi connectivity index (χ1n) is 7.95. The molecule has 0 unspecified atom stereocenters. The van der Waals surface area contributed by atoms with Gasteiger partial charge in [-0.15, -0.1) is 11.3 Å². The summed E-state index contributed by atoms with van der Waals surface area (Å²) in [6.07, 6.45) is 0.714. The lowest BCUT2D eigenvalue weighted by molar-refractivity contribution is -0.121. The highest BCUT2D eigenvalue weighted by atomic mass is 32.1. The Morgan fingerprint density at radius 1 is 1.32 bits per heavy atom. The van der Waals surface area contributed by atoms with Gasteiger partial charge in [0.05, 0.1) is 13.2 Å². The number of methoxy groups -OCH3 is 1. The average Bonchev–Trinajstić information content (AvgIpc) is 3.32. The first-order valence-corrected chi connectivity index (χ1v) is 8.83. The molecule has 3 aromatic rings. The number of hydrogen-bond donors (Lipinski definition) is 1. The van der Waals surface area contributed by atoms with Crippen LogP contribution in [0.15, 0.2) is 46.3 Å². The Hall–Kier alpha value is -2.67. The monoisotopic (exact) mass is 357 g/mol. The largest absolute Gasteiger partial charge is 0.497 e. The van der Waals surface area contributed by atoms with Crippen molar-refractivity contribution in [3.8, 4) is 17.1 Å². The van der Waals surface area contributed by atoms with Crippen molar-refractivity contribution in [1.29, 1.82) is 0 Å². The maximum atomic E-state index is 12.1. The number of aromatic nitrogens is 2. The summed E-state index contributed by atoms with van der Waals surface area (Å²) in [5.41, 5.74) is 0.839. The molecular weight excluding hydrogens is 338 g/mol. The Morgan fingerprint density at radius 3 is 2.80 bits per heavy atom. The van der Waals surface area contributed by atoms with Crippen LogP contribution in [0.4, 0.5) is 0 Å². The smallest absolute Gasteiger partial charge is 0.227 e. The zero-order chi connectivity index (χ0) is 17.6. The minimum absolute atomic E-state index is 0.00467. The lowest BCUT2D eigenvalue weighted by atomic mass is 10.2. The number of aryl methyl sites for hydroxylation is 1. The second-order valence-corrected chi connectivity index (χ2v) is 6.52. The molecule has 0 radical (unpaired) electrons. The SMILES string of the molecule is COc1ccc(-c2noc(CCC(=O)N[C@@H](C)c3cccs3)n2)cc1. The molecule has 0 aliphatic carbocycles. The van der Waals surface area contributed by atoms with Gasteiger partial charge in [-0.1, -0.05) is 11.2 Å². The zero-order valence-corrected chi connectivity index (χ0v) is 14.9. The van der Waals surface area contributed by atoms with E-state index in [0.717, 1.165) is 16.2 Å². The zero-order valence-electron chi connectivity index (χ0n) is 14.1. The molecule has 3 rings (SSSR count). The number of carbonyl (C=O) groups is 1. The minimum Gasteiger partial charge on any atom is -0.497 e. The first-order chi connectivity index (χ1) is 12.2. The van der Waals surface area contributed by atoms with E-state index < -0.39 is 0 Å². The number of ether oxygens (including phenoxy) is 1. The normalized spacial score (nSPS) is 11.9. The Morgan fingerprint density at radius 2 is 2.12 bits per heavy atom. The molecule has 25 heavy (non-hydrogen) atoms. The molecule has 1 atom stereocenters. The van der Waals surface area contributed by atoms with Crippen LogP contribution in [0.3, 0.4) is 0 Å². The van der Waals surface area contributed by atoms with Gasteiger partial charge in [0.15, 0.2) is 0 Å². The summed E-state index contributed by atoms with van der Waals surface area (Å²) in [4.78, 5) is 17.5. The van der Waals surface area contributed by atoms with Crippen molar-refractivity contribution in [1.82, 2.24) is 15.5 Å². The minimum atomic E-state index is -0.0369. The molecule has 2 aromatic heterocycles. The number of thiophene rings is 1. The van der Waals surface area contributed by atoms with Crippen molar-refractivity contribution in [2.45, 2.75) is 25.8 Å². The molecule has 7 heteroatoms. The average molecular weight is 357 g/mol. The predicted octanol–water partition coefficient (Wildman–Crippen LogP) is 3.62. The molecule has 2 heterocycles. The fraction of sp³-hybridized carbons (Fsp3) is 0.278. The van der Waals surface area contributed by atoms with E-state index in [0.29, 0.717) is 24.6 Å². The van der Waals surface area contributed by atoms with Crippen molar-refractivity contribution < 1.29 is 14.1 Å². The van der Waals surface area contributed by atoms with Crippen LogP contribution in [-0.4, -0.2) is 23.2 Å². The summed E-state index contributed by atoms with van der Waals surface area (Å²) in [6.45, 7) is 1.97. The Bertz CT molecular complexity index is 812. The Labute approximate surface area is 149 Å². The maximum Gasteiger partial charge on any atom is 0.227 e. The molecule has 0 saturated heterocycles. The predicted molar refractivity (Wildman–Crippen MR) is 95.5 cm³/mol. The van der Waals surface area contributed by atoms with Gasteiger partial charge in [0, 0.05) is 23.3 Å². The highest BCUT2D eigenvalue weighted by molar-refractivity contribution is 7.10. The molecule has 1 amide bonds. The molecule has 1 N–H and O–H groups in total. The second-order valence-electron chi connectivity index (χ2n) is 5.54. The second kappa shape index (κ2) is 7.94. The number of hydrogen-bond acceptors (Lipinski definition) is 6. The van der Waals surface area contributed by atoms with Crippen LogP contribution in [0.1, 0.15) is 30.2 Å². The Kier molecular flexibility index (Phi) is 5.45. The van der Waals surface area contributed by atoms with E-state index in [1.807, 2.05) is 48.7 Å².